The number of amides is 1. The molecule has 4 aliphatic rings. The first-order valence-corrected chi connectivity index (χ1v) is 10.0. The Morgan fingerprint density at radius 3 is 2.44 bits per heavy atom. The van der Waals surface area contributed by atoms with Crippen molar-refractivity contribution in [2.75, 3.05) is 13.7 Å². The fourth-order valence-electron chi connectivity index (χ4n) is 6.16. The van der Waals surface area contributed by atoms with Crippen LogP contribution in [0.15, 0.2) is 30.3 Å². The van der Waals surface area contributed by atoms with Crippen LogP contribution in [0, 0.1) is 17.3 Å². The summed E-state index contributed by atoms with van der Waals surface area (Å²) in [5, 5.41) is 10.8. The first kappa shape index (κ1) is 18.5. The zero-order valence-corrected chi connectivity index (χ0v) is 16.0. The number of rotatable bonds is 6. The van der Waals surface area contributed by atoms with E-state index < -0.39 is 5.60 Å². The molecule has 5 nitrogen and oxygen atoms in total. The topological polar surface area (TPSA) is 66.8 Å². The Balaban J connectivity index is 1.28. The van der Waals surface area contributed by atoms with Gasteiger partial charge in [-0.1, -0.05) is 30.3 Å². The van der Waals surface area contributed by atoms with Crippen LogP contribution in [0.1, 0.15) is 50.5 Å². The summed E-state index contributed by atoms with van der Waals surface area (Å²) in [6.45, 7) is 0.285. The van der Waals surface area contributed by atoms with Crippen molar-refractivity contribution in [2.45, 2.75) is 57.1 Å². The number of hydrogen-bond acceptors (Lipinski definition) is 4. The highest BCUT2D eigenvalue weighted by Crippen LogP contribution is 2.62. The summed E-state index contributed by atoms with van der Waals surface area (Å²) in [5.41, 5.74) is 0.354. The molecular formula is C22H29NO4. The summed E-state index contributed by atoms with van der Waals surface area (Å²) in [7, 11) is 1.72. The summed E-state index contributed by atoms with van der Waals surface area (Å²) in [5.74, 6) is 0.587. The fraction of sp³-hybridized carbons (Fsp3) is 0.636. The van der Waals surface area contributed by atoms with Gasteiger partial charge < -0.3 is 14.7 Å². The van der Waals surface area contributed by atoms with E-state index in [9.17, 15) is 14.7 Å². The molecule has 1 N–H and O–H groups in total. The summed E-state index contributed by atoms with van der Waals surface area (Å²) >= 11 is 0. The van der Waals surface area contributed by atoms with E-state index in [1.807, 2.05) is 30.3 Å². The Morgan fingerprint density at radius 2 is 1.81 bits per heavy atom. The lowest BCUT2D eigenvalue weighted by molar-refractivity contribution is -0.178. The van der Waals surface area contributed by atoms with Gasteiger partial charge in [0.05, 0.1) is 12.0 Å². The zero-order chi connectivity index (χ0) is 19.1. The minimum absolute atomic E-state index is 0.116. The lowest BCUT2D eigenvalue weighted by Crippen LogP contribution is -2.56. The third kappa shape index (κ3) is 4.03. The van der Waals surface area contributed by atoms with E-state index in [-0.39, 0.29) is 23.9 Å². The van der Waals surface area contributed by atoms with Gasteiger partial charge in [0.15, 0.2) is 6.61 Å². The van der Waals surface area contributed by atoms with Crippen molar-refractivity contribution < 1.29 is 19.4 Å². The molecule has 27 heavy (non-hydrogen) atoms. The third-order valence-electron chi connectivity index (χ3n) is 6.72. The van der Waals surface area contributed by atoms with Crippen LogP contribution in [-0.4, -0.2) is 41.1 Å². The smallest absolute Gasteiger partial charge is 0.306 e. The summed E-state index contributed by atoms with van der Waals surface area (Å²) in [6.07, 6.45) is 6.06. The van der Waals surface area contributed by atoms with E-state index >= 15 is 0 Å². The number of nitrogens with zero attached hydrogens (tertiary/aromatic N) is 1. The number of benzene rings is 1. The Bertz CT molecular complexity index is 702. The highest BCUT2D eigenvalue weighted by atomic mass is 16.5. The molecule has 4 atom stereocenters. The molecule has 1 aromatic carbocycles. The molecular weight excluding hydrogens is 342 g/mol. The standard InChI is InChI=1S/C22H29NO4/c1-23(13-16-5-3-2-4-6-16)19(24)14-27-20(25)12-21-8-17-7-18(9-21)11-22(26,10-17)15-21/h2-6,17-18,26H,7-15H2,1H3/t17-,18+,21?,22?. The molecule has 0 saturated heterocycles. The molecule has 1 amide bonds. The van der Waals surface area contributed by atoms with Gasteiger partial charge in [0.1, 0.15) is 0 Å². The van der Waals surface area contributed by atoms with Crippen molar-refractivity contribution in [2.24, 2.45) is 17.3 Å². The average Bonchev–Trinajstić information content (AvgIpc) is 2.58. The Kier molecular flexibility index (Phi) is 4.75. The molecule has 4 bridgehead atoms. The van der Waals surface area contributed by atoms with Crippen molar-refractivity contribution in [1.82, 2.24) is 4.90 Å². The SMILES string of the molecule is CN(Cc1ccccc1)C(=O)COC(=O)CC12C[C@@H]3C[C@@H](CC(O)(C3)C1)C2. The van der Waals surface area contributed by atoms with Gasteiger partial charge in [-0.15, -0.1) is 0 Å². The van der Waals surface area contributed by atoms with Crippen LogP contribution < -0.4 is 0 Å². The molecule has 0 aromatic heterocycles. The molecule has 4 saturated carbocycles. The van der Waals surface area contributed by atoms with E-state index in [4.69, 9.17) is 4.74 Å². The number of esters is 1. The first-order chi connectivity index (χ1) is 12.8. The second kappa shape index (κ2) is 6.93. The molecule has 0 heterocycles. The largest absolute Gasteiger partial charge is 0.456 e. The summed E-state index contributed by atoms with van der Waals surface area (Å²) in [4.78, 5) is 26.3. The molecule has 4 aliphatic carbocycles. The number of ether oxygens (including phenoxy) is 1. The van der Waals surface area contributed by atoms with Crippen molar-refractivity contribution >= 4 is 11.9 Å². The lowest BCUT2D eigenvalue weighted by atomic mass is 9.47. The third-order valence-corrected chi connectivity index (χ3v) is 6.72. The van der Waals surface area contributed by atoms with Gasteiger partial charge in [0, 0.05) is 13.6 Å². The Hall–Kier alpha value is -1.88. The van der Waals surface area contributed by atoms with Crippen LogP contribution >= 0.6 is 0 Å². The first-order valence-electron chi connectivity index (χ1n) is 10.0. The number of hydrogen-bond donors (Lipinski definition) is 1. The maximum absolute atomic E-state index is 12.4. The highest BCUT2D eigenvalue weighted by Gasteiger charge is 2.57. The minimum atomic E-state index is -0.573. The molecule has 5 heteroatoms. The monoisotopic (exact) mass is 371 g/mol. The second-order valence-electron chi connectivity index (χ2n) is 9.26. The van der Waals surface area contributed by atoms with Crippen LogP contribution in [-0.2, 0) is 20.9 Å². The van der Waals surface area contributed by atoms with Crippen LogP contribution in [0.2, 0.25) is 0 Å². The number of aliphatic hydroxyl groups is 1. The molecule has 0 spiro atoms. The zero-order valence-electron chi connectivity index (χ0n) is 16.0. The number of carbonyl (C=O) groups excluding carboxylic acids is 2. The van der Waals surface area contributed by atoms with Gasteiger partial charge in [0.25, 0.3) is 5.91 Å². The van der Waals surface area contributed by atoms with Gasteiger partial charge in [0.2, 0.25) is 0 Å². The molecule has 146 valence electrons. The molecule has 5 rings (SSSR count). The predicted octanol–water partition coefficient (Wildman–Crippen LogP) is 2.91. The van der Waals surface area contributed by atoms with Gasteiger partial charge >= 0.3 is 5.97 Å². The fourth-order valence-corrected chi connectivity index (χ4v) is 6.16. The van der Waals surface area contributed by atoms with Crippen molar-refractivity contribution in [1.29, 1.82) is 0 Å². The van der Waals surface area contributed by atoms with Crippen LogP contribution in [0.3, 0.4) is 0 Å². The lowest BCUT2D eigenvalue weighted by Gasteiger charge is -2.60. The van der Waals surface area contributed by atoms with E-state index in [1.165, 1.54) is 6.42 Å². The molecule has 4 fully saturated rings. The summed E-state index contributed by atoms with van der Waals surface area (Å²) in [6, 6.07) is 9.75. The van der Waals surface area contributed by atoms with E-state index in [2.05, 4.69) is 0 Å². The Morgan fingerprint density at radius 1 is 1.15 bits per heavy atom. The van der Waals surface area contributed by atoms with Gasteiger partial charge in [-0.05, 0) is 61.3 Å². The molecule has 0 aliphatic heterocycles. The maximum Gasteiger partial charge on any atom is 0.306 e. The normalized spacial score (nSPS) is 33.7. The van der Waals surface area contributed by atoms with Crippen molar-refractivity contribution in [3.05, 3.63) is 35.9 Å². The van der Waals surface area contributed by atoms with E-state index in [0.717, 1.165) is 31.2 Å². The average molecular weight is 371 g/mol. The van der Waals surface area contributed by atoms with E-state index in [1.54, 1.807) is 11.9 Å². The minimum Gasteiger partial charge on any atom is -0.456 e. The summed E-state index contributed by atoms with van der Waals surface area (Å²) < 4.78 is 5.32. The quantitative estimate of drug-likeness (QED) is 0.781. The molecule has 1 aromatic rings. The number of likely N-dealkylation sites (N-methyl/N-ethyl adjacent to an activating group) is 1. The van der Waals surface area contributed by atoms with Gasteiger partial charge in [-0.3, -0.25) is 9.59 Å². The van der Waals surface area contributed by atoms with Crippen molar-refractivity contribution in [3.63, 3.8) is 0 Å². The van der Waals surface area contributed by atoms with Gasteiger partial charge in [-0.25, -0.2) is 0 Å². The van der Waals surface area contributed by atoms with Crippen LogP contribution in [0.5, 0.6) is 0 Å². The second-order valence-corrected chi connectivity index (χ2v) is 9.26. The predicted molar refractivity (Wildman–Crippen MR) is 101 cm³/mol. The van der Waals surface area contributed by atoms with Gasteiger partial charge in [-0.2, -0.15) is 0 Å². The van der Waals surface area contributed by atoms with Crippen molar-refractivity contribution in [3.8, 4) is 0 Å². The van der Waals surface area contributed by atoms with Crippen LogP contribution in [0.25, 0.3) is 0 Å². The van der Waals surface area contributed by atoms with E-state index in [0.29, 0.717) is 31.2 Å². The molecule has 2 unspecified atom stereocenters. The molecule has 0 radical (unpaired) electrons. The number of carbonyl (C=O) groups is 2. The van der Waals surface area contributed by atoms with Crippen LogP contribution in [0.4, 0.5) is 0 Å². The highest BCUT2D eigenvalue weighted by molar-refractivity contribution is 5.80. The Labute approximate surface area is 160 Å². The maximum atomic E-state index is 12.4.